The predicted octanol–water partition coefficient (Wildman–Crippen LogP) is 5.31. The van der Waals surface area contributed by atoms with E-state index in [2.05, 4.69) is 4.98 Å². The average Bonchev–Trinajstić information content (AvgIpc) is 2.64. The molecule has 0 saturated heterocycles. The van der Waals surface area contributed by atoms with Crippen LogP contribution in [0.3, 0.4) is 0 Å². The molecule has 2 atom stereocenters. The van der Waals surface area contributed by atoms with Crippen molar-refractivity contribution in [2.45, 2.75) is 19.3 Å². The van der Waals surface area contributed by atoms with Crippen molar-refractivity contribution in [1.29, 1.82) is 0 Å². The van der Waals surface area contributed by atoms with E-state index in [0.717, 1.165) is 11.4 Å². The Balaban J connectivity index is 1.92. The molecule has 1 N–H and O–H groups in total. The van der Waals surface area contributed by atoms with Gasteiger partial charge < -0.3 is 14.7 Å². The molecule has 6 heteroatoms. The van der Waals surface area contributed by atoms with Crippen LogP contribution in [0, 0.1) is 0 Å². The van der Waals surface area contributed by atoms with Crippen LogP contribution in [0.1, 0.15) is 6.92 Å². The Bertz CT molecular complexity index is 844. The third kappa shape index (κ3) is 4.47. The summed E-state index contributed by atoms with van der Waals surface area (Å²) < 4.78 is 5.84. The van der Waals surface area contributed by atoms with Crippen molar-refractivity contribution in [3.63, 3.8) is 0 Å². The Morgan fingerprint density at radius 1 is 0.962 bits per heavy atom. The summed E-state index contributed by atoms with van der Waals surface area (Å²) in [5.41, 5.74) is 1.51. The number of benzene rings is 2. The minimum Gasteiger partial charge on any atom is -0.484 e. The lowest BCUT2D eigenvalue weighted by Gasteiger charge is -2.34. The number of anilines is 2. The van der Waals surface area contributed by atoms with Crippen LogP contribution >= 0.6 is 23.2 Å². The summed E-state index contributed by atoms with van der Waals surface area (Å²) in [6, 6.07) is 18.1. The van der Waals surface area contributed by atoms with E-state index in [9.17, 15) is 5.11 Å². The van der Waals surface area contributed by atoms with Gasteiger partial charge in [-0.1, -0.05) is 29.3 Å². The molecule has 0 bridgehead atoms. The molecule has 1 heterocycles. The fraction of sp³-hybridized carbons (Fsp3) is 0.150. The van der Waals surface area contributed by atoms with Crippen LogP contribution in [0.5, 0.6) is 5.75 Å². The zero-order valence-electron chi connectivity index (χ0n) is 14.1. The minimum atomic E-state index is -0.963. The Kier molecular flexibility index (Phi) is 5.99. The van der Waals surface area contributed by atoms with Crippen LogP contribution in [0.15, 0.2) is 73.1 Å². The second kappa shape index (κ2) is 8.41. The first-order valence-electron chi connectivity index (χ1n) is 8.10. The number of ether oxygens (including phenoxy) is 1. The van der Waals surface area contributed by atoms with E-state index in [1.54, 1.807) is 60.6 Å². The number of aromatic nitrogens is 1. The minimum absolute atomic E-state index is 0.533. The number of aliphatic hydroxyl groups is 1. The number of hydrogen-bond donors (Lipinski definition) is 1. The third-order valence-electron chi connectivity index (χ3n) is 3.83. The molecule has 26 heavy (non-hydrogen) atoms. The highest BCUT2D eigenvalue weighted by atomic mass is 35.5. The zero-order valence-corrected chi connectivity index (χ0v) is 15.6. The number of rotatable bonds is 6. The van der Waals surface area contributed by atoms with Crippen LogP contribution in [0.2, 0.25) is 10.0 Å². The molecule has 1 aromatic heterocycles. The maximum absolute atomic E-state index is 11.0. The summed E-state index contributed by atoms with van der Waals surface area (Å²) >= 11 is 12.1. The molecule has 0 aliphatic rings. The molecule has 134 valence electrons. The number of aliphatic hydroxyl groups excluding tert-OH is 1. The first-order valence-corrected chi connectivity index (χ1v) is 8.85. The second-order valence-electron chi connectivity index (χ2n) is 5.75. The predicted molar refractivity (Wildman–Crippen MR) is 105 cm³/mol. The molecule has 0 aliphatic carbocycles. The smallest absolute Gasteiger partial charge is 0.168 e. The maximum atomic E-state index is 11.0. The largest absolute Gasteiger partial charge is 0.484 e. The number of hydrogen-bond acceptors (Lipinski definition) is 4. The standard InChI is InChI=1S/C20H18Cl2N2O2/c1-14(26-19-6-3-11-23-13-19)20(25)24(17-9-7-15(21)8-10-17)18-5-2-4-16(22)12-18/h2-14,20,25H,1H3. The van der Waals surface area contributed by atoms with Gasteiger partial charge in [0.2, 0.25) is 0 Å². The lowest BCUT2D eigenvalue weighted by Crippen LogP contribution is -2.42. The fourth-order valence-corrected chi connectivity index (χ4v) is 2.89. The van der Waals surface area contributed by atoms with Crippen molar-refractivity contribution in [3.8, 4) is 5.75 Å². The van der Waals surface area contributed by atoms with Crippen molar-refractivity contribution in [2.24, 2.45) is 0 Å². The van der Waals surface area contributed by atoms with Crippen LogP contribution < -0.4 is 9.64 Å². The topological polar surface area (TPSA) is 45.6 Å². The van der Waals surface area contributed by atoms with E-state index in [4.69, 9.17) is 27.9 Å². The van der Waals surface area contributed by atoms with Crippen molar-refractivity contribution >= 4 is 34.6 Å². The van der Waals surface area contributed by atoms with Crippen LogP contribution in [-0.2, 0) is 0 Å². The summed E-state index contributed by atoms with van der Waals surface area (Å²) in [6.45, 7) is 1.80. The van der Waals surface area contributed by atoms with Gasteiger partial charge in [0, 0.05) is 27.6 Å². The molecule has 0 fully saturated rings. The number of pyridine rings is 1. The van der Waals surface area contributed by atoms with Crippen LogP contribution in [0.25, 0.3) is 0 Å². The molecule has 0 saturated carbocycles. The fourth-order valence-electron chi connectivity index (χ4n) is 2.58. The normalized spacial score (nSPS) is 13.1. The van der Waals surface area contributed by atoms with E-state index < -0.39 is 12.3 Å². The van der Waals surface area contributed by atoms with Crippen molar-refractivity contribution in [3.05, 3.63) is 83.1 Å². The van der Waals surface area contributed by atoms with E-state index in [0.29, 0.717) is 15.8 Å². The first kappa shape index (κ1) is 18.5. The highest BCUT2D eigenvalue weighted by Gasteiger charge is 2.26. The molecule has 0 radical (unpaired) electrons. The Hall–Kier alpha value is -2.27. The molecule has 3 aromatic rings. The quantitative estimate of drug-likeness (QED) is 0.580. The van der Waals surface area contributed by atoms with Gasteiger partial charge in [-0.2, -0.15) is 0 Å². The SMILES string of the molecule is CC(Oc1cccnc1)C(O)N(c1ccc(Cl)cc1)c1cccc(Cl)c1. The van der Waals surface area contributed by atoms with Gasteiger partial charge in [-0.15, -0.1) is 0 Å². The Morgan fingerprint density at radius 2 is 1.73 bits per heavy atom. The summed E-state index contributed by atoms with van der Waals surface area (Å²) in [7, 11) is 0. The Morgan fingerprint density at radius 3 is 2.38 bits per heavy atom. The summed E-state index contributed by atoms with van der Waals surface area (Å²) in [4.78, 5) is 5.78. The van der Waals surface area contributed by atoms with Crippen molar-refractivity contribution in [2.75, 3.05) is 4.90 Å². The molecular weight excluding hydrogens is 371 g/mol. The molecule has 0 amide bonds. The van der Waals surface area contributed by atoms with Gasteiger partial charge in [0.05, 0.1) is 6.20 Å². The summed E-state index contributed by atoms with van der Waals surface area (Å²) in [5, 5.41) is 12.2. The highest BCUT2D eigenvalue weighted by Crippen LogP contribution is 2.31. The molecule has 2 unspecified atom stereocenters. The monoisotopic (exact) mass is 388 g/mol. The first-order chi connectivity index (χ1) is 12.5. The molecule has 2 aromatic carbocycles. The van der Waals surface area contributed by atoms with Gasteiger partial charge in [-0.05, 0) is 61.5 Å². The van der Waals surface area contributed by atoms with Gasteiger partial charge >= 0.3 is 0 Å². The van der Waals surface area contributed by atoms with Crippen molar-refractivity contribution < 1.29 is 9.84 Å². The lowest BCUT2D eigenvalue weighted by atomic mass is 10.2. The molecular formula is C20H18Cl2N2O2. The van der Waals surface area contributed by atoms with E-state index in [-0.39, 0.29) is 0 Å². The van der Waals surface area contributed by atoms with E-state index >= 15 is 0 Å². The maximum Gasteiger partial charge on any atom is 0.168 e. The van der Waals surface area contributed by atoms with Crippen LogP contribution in [0.4, 0.5) is 11.4 Å². The average molecular weight is 389 g/mol. The Labute approximate surface area is 162 Å². The van der Waals surface area contributed by atoms with Gasteiger partial charge in [0.15, 0.2) is 6.23 Å². The zero-order chi connectivity index (χ0) is 18.5. The van der Waals surface area contributed by atoms with Gasteiger partial charge in [-0.25, -0.2) is 0 Å². The summed E-state index contributed by atoms with van der Waals surface area (Å²) in [5.74, 6) is 0.584. The molecule has 0 aliphatic heterocycles. The number of halogens is 2. The van der Waals surface area contributed by atoms with Crippen LogP contribution in [-0.4, -0.2) is 22.4 Å². The van der Waals surface area contributed by atoms with E-state index in [1.165, 1.54) is 0 Å². The molecule has 3 rings (SSSR count). The van der Waals surface area contributed by atoms with E-state index in [1.807, 2.05) is 24.3 Å². The van der Waals surface area contributed by atoms with Gasteiger partial charge in [0.25, 0.3) is 0 Å². The molecule has 0 spiro atoms. The van der Waals surface area contributed by atoms with Crippen molar-refractivity contribution in [1.82, 2.24) is 4.98 Å². The number of nitrogens with zero attached hydrogens (tertiary/aromatic N) is 2. The molecule has 4 nitrogen and oxygen atoms in total. The third-order valence-corrected chi connectivity index (χ3v) is 4.32. The van der Waals surface area contributed by atoms with Gasteiger partial charge in [-0.3, -0.25) is 4.98 Å². The van der Waals surface area contributed by atoms with Gasteiger partial charge in [0.1, 0.15) is 11.9 Å². The highest BCUT2D eigenvalue weighted by molar-refractivity contribution is 6.31. The summed E-state index contributed by atoms with van der Waals surface area (Å²) in [6.07, 6.45) is 1.78. The lowest BCUT2D eigenvalue weighted by molar-refractivity contribution is 0.0518. The second-order valence-corrected chi connectivity index (χ2v) is 6.62.